The average Bonchev–Trinajstić information content (AvgIpc) is 2.93. The number of nitrogens with zero attached hydrogens (tertiary/aromatic N) is 1. The van der Waals surface area contributed by atoms with E-state index in [1.165, 1.54) is 18.2 Å². The lowest BCUT2D eigenvalue weighted by atomic mass is 10.1. The molecule has 2 aromatic carbocycles. The second kappa shape index (κ2) is 6.75. The van der Waals surface area contributed by atoms with Crippen molar-refractivity contribution in [3.63, 3.8) is 0 Å². The molecule has 3 heteroatoms. The molecule has 0 saturated heterocycles. The Kier molecular flexibility index (Phi) is 4.52. The number of aromatic nitrogens is 1. The zero-order valence-electron chi connectivity index (χ0n) is 14.2. The van der Waals surface area contributed by atoms with E-state index in [4.69, 9.17) is 4.74 Å². The molecular formula is C21H21NO2. The standard InChI is InChI=1S/C21H21NO2/c1-15-9-11-18(12-10-15)20-13-19(21(23)24-3)16(2)22(20)14-17-7-5-4-6-8-17/h4-13H,14H2,1-3H3. The van der Waals surface area contributed by atoms with Gasteiger partial charge in [-0.2, -0.15) is 0 Å². The van der Waals surface area contributed by atoms with Crippen LogP contribution in [0, 0.1) is 13.8 Å². The minimum Gasteiger partial charge on any atom is -0.465 e. The van der Waals surface area contributed by atoms with Gasteiger partial charge in [-0.25, -0.2) is 4.79 Å². The SMILES string of the molecule is COC(=O)c1cc(-c2ccc(C)cc2)n(Cc2ccccc2)c1C. The normalized spacial score (nSPS) is 10.6. The van der Waals surface area contributed by atoms with Crippen LogP contribution in [0.4, 0.5) is 0 Å². The van der Waals surface area contributed by atoms with Gasteiger partial charge in [0.15, 0.2) is 0 Å². The second-order valence-electron chi connectivity index (χ2n) is 5.96. The van der Waals surface area contributed by atoms with Gasteiger partial charge in [-0.3, -0.25) is 0 Å². The van der Waals surface area contributed by atoms with Crippen LogP contribution in [0.1, 0.15) is 27.2 Å². The van der Waals surface area contributed by atoms with Crippen molar-refractivity contribution in [1.29, 1.82) is 0 Å². The van der Waals surface area contributed by atoms with Gasteiger partial charge in [-0.05, 0) is 31.0 Å². The lowest BCUT2D eigenvalue weighted by molar-refractivity contribution is 0.0600. The number of benzene rings is 2. The highest BCUT2D eigenvalue weighted by Crippen LogP contribution is 2.27. The first kappa shape index (κ1) is 16.1. The summed E-state index contributed by atoms with van der Waals surface area (Å²) in [6.07, 6.45) is 0. The van der Waals surface area contributed by atoms with Gasteiger partial charge >= 0.3 is 5.97 Å². The topological polar surface area (TPSA) is 31.2 Å². The van der Waals surface area contributed by atoms with Crippen molar-refractivity contribution < 1.29 is 9.53 Å². The van der Waals surface area contributed by atoms with Gasteiger partial charge in [0.1, 0.15) is 0 Å². The van der Waals surface area contributed by atoms with Crippen LogP contribution in [0.15, 0.2) is 60.7 Å². The third kappa shape index (κ3) is 3.11. The van der Waals surface area contributed by atoms with Crippen LogP contribution >= 0.6 is 0 Å². The third-order valence-corrected chi connectivity index (χ3v) is 4.30. The Bertz CT molecular complexity index is 846. The molecule has 3 nitrogen and oxygen atoms in total. The number of methoxy groups -OCH3 is 1. The van der Waals surface area contributed by atoms with Crippen molar-refractivity contribution in [2.75, 3.05) is 7.11 Å². The van der Waals surface area contributed by atoms with E-state index in [1.807, 2.05) is 31.2 Å². The summed E-state index contributed by atoms with van der Waals surface area (Å²) in [4.78, 5) is 12.1. The molecule has 0 N–H and O–H groups in total. The van der Waals surface area contributed by atoms with E-state index < -0.39 is 0 Å². The minimum absolute atomic E-state index is 0.298. The number of carbonyl (C=O) groups is 1. The molecule has 0 aliphatic rings. The molecule has 3 rings (SSSR count). The summed E-state index contributed by atoms with van der Waals surface area (Å²) >= 11 is 0. The Balaban J connectivity index is 2.12. The van der Waals surface area contributed by atoms with E-state index in [9.17, 15) is 4.79 Å². The molecule has 0 unspecified atom stereocenters. The highest BCUT2D eigenvalue weighted by molar-refractivity contribution is 5.92. The van der Waals surface area contributed by atoms with Gasteiger partial charge in [0.2, 0.25) is 0 Å². The molecular weight excluding hydrogens is 298 g/mol. The van der Waals surface area contributed by atoms with Crippen LogP contribution < -0.4 is 0 Å². The first-order valence-electron chi connectivity index (χ1n) is 7.99. The van der Waals surface area contributed by atoms with Crippen LogP contribution in [0.3, 0.4) is 0 Å². The first-order valence-corrected chi connectivity index (χ1v) is 7.99. The van der Waals surface area contributed by atoms with E-state index >= 15 is 0 Å². The van der Waals surface area contributed by atoms with Gasteiger partial charge in [0.05, 0.1) is 12.7 Å². The summed E-state index contributed by atoms with van der Waals surface area (Å²) in [6.45, 7) is 4.75. The Labute approximate surface area is 142 Å². The predicted molar refractivity (Wildman–Crippen MR) is 96.2 cm³/mol. The van der Waals surface area contributed by atoms with Crippen LogP contribution in [0.2, 0.25) is 0 Å². The summed E-state index contributed by atoms with van der Waals surface area (Å²) in [5.74, 6) is -0.298. The maximum absolute atomic E-state index is 12.1. The summed E-state index contributed by atoms with van der Waals surface area (Å²) < 4.78 is 7.11. The summed E-state index contributed by atoms with van der Waals surface area (Å²) in [5, 5.41) is 0. The molecule has 0 amide bonds. The van der Waals surface area contributed by atoms with Crippen molar-refractivity contribution >= 4 is 5.97 Å². The Morgan fingerprint density at radius 3 is 2.29 bits per heavy atom. The van der Waals surface area contributed by atoms with Gasteiger partial charge < -0.3 is 9.30 Å². The van der Waals surface area contributed by atoms with Crippen molar-refractivity contribution in [3.05, 3.63) is 83.0 Å². The molecule has 122 valence electrons. The Morgan fingerprint density at radius 2 is 1.67 bits per heavy atom. The van der Waals surface area contributed by atoms with Crippen molar-refractivity contribution in [2.45, 2.75) is 20.4 Å². The fourth-order valence-electron chi connectivity index (χ4n) is 2.89. The molecule has 0 bridgehead atoms. The average molecular weight is 319 g/mol. The number of hydrogen-bond donors (Lipinski definition) is 0. The number of carbonyl (C=O) groups excluding carboxylic acids is 1. The van der Waals surface area contributed by atoms with Crippen LogP contribution in [0.5, 0.6) is 0 Å². The molecule has 0 fully saturated rings. The fraction of sp³-hybridized carbons (Fsp3) is 0.190. The zero-order valence-corrected chi connectivity index (χ0v) is 14.2. The van der Waals surface area contributed by atoms with Crippen LogP contribution in [0.25, 0.3) is 11.3 Å². The Hall–Kier alpha value is -2.81. The van der Waals surface area contributed by atoms with Crippen LogP contribution in [-0.2, 0) is 11.3 Å². The van der Waals surface area contributed by atoms with Crippen molar-refractivity contribution in [2.24, 2.45) is 0 Å². The zero-order chi connectivity index (χ0) is 17.1. The second-order valence-corrected chi connectivity index (χ2v) is 5.96. The number of aryl methyl sites for hydroxylation is 1. The molecule has 0 aliphatic heterocycles. The van der Waals surface area contributed by atoms with E-state index in [0.717, 1.165) is 17.0 Å². The van der Waals surface area contributed by atoms with E-state index in [-0.39, 0.29) is 5.97 Å². The first-order chi connectivity index (χ1) is 11.6. The smallest absolute Gasteiger partial charge is 0.339 e. The predicted octanol–water partition coefficient (Wildman–Crippen LogP) is 4.61. The molecule has 3 aromatic rings. The maximum Gasteiger partial charge on any atom is 0.339 e. The number of esters is 1. The quantitative estimate of drug-likeness (QED) is 0.658. The molecule has 24 heavy (non-hydrogen) atoms. The molecule has 1 aromatic heterocycles. The Morgan fingerprint density at radius 1 is 1.00 bits per heavy atom. The molecule has 0 saturated carbocycles. The van der Waals surface area contributed by atoms with Crippen LogP contribution in [-0.4, -0.2) is 17.6 Å². The van der Waals surface area contributed by atoms with Crippen molar-refractivity contribution in [3.8, 4) is 11.3 Å². The molecule has 0 spiro atoms. The molecule has 0 atom stereocenters. The third-order valence-electron chi connectivity index (χ3n) is 4.30. The van der Waals surface area contributed by atoms with Gasteiger partial charge in [0, 0.05) is 17.9 Å². The largest absolute Gasteiger partial charge is 0.465 e. The number of hydrogen-bond acceptors (Lipinski definition) is 2. The maximum atomic E-state index is 12.1. The van der Waals surface area contributed by atoms with E-state index in [1.54, 1.807) is 0 Å². The molecule has 1 heterocycles. The lowest BCUT2D eigenvalue weighted by Crippen LogP contribution is -2.07. The summed E-state index contributed by atoms with van der Waals surface area (Å²) in [7, 11) is 1.42. The van der Waals surface area contributed by atoms with Crippen molar-refractivity contribution in [1.82, 2.24) is 4.57 Å². The van der Waals surface area contributed by atoms with Gasteiger partial charge in [-0.1, -0.05) is 60.2 Å². The van der Waals surface area contributed by atoms with Gasteiger partial charge in [0.25, 0.3) is 0 Å². The lowest BCUT2D eigenvalue weighted by Gasteiger charge is -2.12. The van der Waals surface area contributed by atoms with E-state index in [0.29, 0.717) is 12.1 Å². The highest BCUT2D eigenvalue weighted by Gasteiger charge is 2.19. The number of ether oxygens (including phenoxy) is 1. The van der Waals surface area contributed by atoms with Gasteiger partial charge in [-0.15, -0.1) is 0 Å². The van der Waals surface area contributed by atoms with E-state index in [2.05, 4.69) is 47.9 Å². The minimum atomic E-state index is -0.298. The summed E-state index contributed by atoms with van der Waals surface area (Å²) in [6, 6.07) is 20.5. The fourth-order valence-corrected chi connectivity index (χ4v) is 2.89. The number of rotatable bonds is 4. The monoisotopic (exact) mass is 319 g/mol. The molecule has 0 aliphatic carbocycles. The molecule has 0 radical (unpaired) electrons. The summed E-state index contributed by atoms with van der Waals surface area (Å²) in [5.41, 5.74) is 6.06. The highest BCUT2D eigenvalue weighted by atomic mass is 16.5.